The summed E-state index contributed by atoms with van der Waals surface area (Å²) >= 11 is 3.66. The second kappa shape index (κ2) is 6.09. The molecule has 0 heterocycles. The van der Waals surface area contributed by atoms with Crippen LogP contribution in [0.4, 0.5) is 5.69 Å². The summed E-state index contributed by atoms with van der Waals surface area (Å²) in [6.45, 7) is 4.36. The van der Waals surface area contributed by atoms with Crippen LogP contribution in [0.15, 0.2) is 16.6 Å². The molecule has 2 aliphatic rings. The predicted octanol–water partition coefficient (Wildman–Crippen LogP) is 5.84. The fraction of sp³-hybridized carbons (Fsp3) is 0.667. The number of halogens is 1. The van der Waals surface area contributed by atoms with Gasteiger partial charge in [-0.3, -0.25) is 0 Å². The Bertz CT molecular complexity index is 459. The van der Waals surface area contributed by atoms with Crippen LogP contribution in [0.25, 0.3) is 0 Å². The highest BCUT2D eigenvalue weighted by Gasteiger charge is 2.32. The Kier molecular flexibility index (Phi) is 4.40. The molecule has 2 aliphatic carbocycles. The Labute approximate surface area is 131 Å². The van der Waals surface area contributed by atoms with Crippen molar-refractivity contribution in [1.82, 2.24) is 0 Å². The van der Waals surface area contributed by atoms with E-state index in [0.717, 1.165) is 11.8 Å². The Hall–Kier alpha value is -0.500. The Balaban J connectivity index is 1.66. The molecule has 0 saturated heterocycles. The SMILES string of the molecule is Cc1cc(NC2CCC3CCCCC3C2)cc(C)c1Br. The minimum absolute atomic E-state index is 0.689. The largest absolute Gasteiger partial charge is 0.382 e. The third kappa shape index (κ3) is 3.05. The second-order valence-corrected chi connectivity index (χ2v) is 7.68. The van der Waals surface area contributed by atoms with Gasteiger partial charge in [-0.15, -0.1) is 0 Å². The lowest BCUT2D eigenvalue weighted by Crippen LogP contribution is -2.34. The number of nitrogens with one attached hydrogen (secondary N) is 1. The van der Waals surface area contributed by atoms with Crippen LogP contribution >= 0.6 is 15.9 Å². The molecule has 0 bridgehead atoms. The number of benzene rings is 1. The summed E-state index contributed by atoms with van der Waals surface area (Å²) in [7, 11) is 0. The molecule has 1 aromatic carbocycles. The lowest BCUT2D eigenvalue weighted by Gasteiger charge is -2.40. The molecule has 1 N–H and O–H groups in total. The summed E-state index contributed by atoms with van der Waals surface area (Å²) in [5.74, 6) is 2.03. The first-order valence-corrected chi connectivity index (χ1v) is 8.96. The van der Waals surface area contributed by atoms with E-state index in [1.807, 2.05) is 0 Å². The standard InChI is InChI=1S/C18H26BrN/c1-12-9-17(10-13(2)18(12)19)20-16-8-7-14-5-3-4-6-15(14)11-16/h9-10,14-16,20H,3-8,11H2,1-2H3. The fourth-order valence-corrected chi connectivity index (χ4v) is 4.50. The van der Waals surface area contributed by atoms with Crippen LogP contribution in [0, 0.1) is 25.7 Å². The van der Waals surface area contributed by atoms with Crippen LogP contribution in [-0.4, -0.2) is 6.04 Å². The topological polar surface area (TPSA) is 12.0 Å². The van der Waals surface area contributed by atoms with Crippen molar-refractivity contribution in [2.45, 2.75) is 64.8 Å². The van der Waals surface area contributed by atoms with Gasteiger partial charge in [0.1, 0.15) is 0 Å². The molecular weight excluding hydrogens is 310 g/mol. The van der Waals surface area contributed by atoms with Crippen LogP contribution in [0.3, 0.4) is 0 Å². The number of rotatable bonds is 2. The third-order valence-electron chi connectivity index (χ3n) is 5.35. The van der Waals surface area contributed by atoms with Crippen molar-refractivity contribution in [2.75, 3.05) is 5.32 Å². The molecule has 1 aromatic rings. The van der Waals surface area contributed by atoms with Gasteiger partial charge < -0.3 is 5.32 Å². The summed E-state index contributed by atoms with van der Waals surface area (Å²) in [5, 5.41) is 3.80. The maximum Gasteiger partial charge on any atom is 0.0348 e. The molecule has 0 aromatic heterocycles. The molecule has 0 aliphatic heterocycles. The highest BCUT2D eigenvalue weighted by molar-refractivity contribution is 9.10. The minimum Gasteiger partial charge on any atom is -0.382 e. The Morgan fingerprint density at radius 3 is 2.30 bits per heavy atom. The van der Waals surface area contributed by atoms with E-state index in [-0.39, 0.29) is 0 Å². The lowest BCUT2D eigenvalue weighted by molar-refractivity contribution is 0.162. The minimum atomic E-state index is 0.689. The van der Waals surface area contributed by atoms with Gasteiger partial charge >= 0.3 is 0 Å². The average molecular weight is 336 g/mol. The fourth-order valence-electron chi connectivity index (χ4n) is 4.27. The van der Waals surface area contributed by atoms with Crippen LogP contribution in [0.5, 0.6) is 0 Å². The van der Waals surface area contributed by atoms with Gasteiger partial charge in [-0.1, -0.05) is 41.6 Å². The van der Waals surface area contributed by atoms with Crippen LogP contribution in [0.1, 0.15) is 56.1 Å². The maximum atomic E-state index is 3.80. The molecule has 3 unspecified atom stereocenters. The quantitative estimate of drug-likeness (QED) is 0.716. The molecule has 2 heteroatoms. The molecule has 1 nitrogen and oxygen atoms in total. The van der Waals surface area contributed by atoms with E-state index in [9.17, 15) is 0 Å². The number of fused-ring (bicyclic) bond motifs is 1. The molecule has 0 amide bonds. The molecule has 2 saturated carbocycles. The van der Waals surface area contributed by atoms with E-state index in [1.165, 1.54) is 66.2 Å². The van der Waals surface area contributed by atoms with Gasteiger partial charge in [-0.05, 0) is 68.2 Å². The number of aryl methyl sites for hydroxylation is 2. The zero-order valence-electron chi connectivity index (χ0n) is 12.7. The van der Waals surface area contributed by atoms with Crippen molar-refractivity contribution in [3.05, 3.63) is 27.7 Å². The van der Waals surface area contributed by atoms with Crippen molar-refractivity contribution in [2.24, 2.45) is 11.8 Å². The number of hydrogen-bond acceptors (Lipinski definition) is 1. The van der Waals surface area contributed by atoms with Gasteiger partial charge in [0, 0.05) is 16.2 Å². The first-order valence-electron chi connectivity index (χ1n) is 8.17. The van der Waals surface area contributed by atoms with Crippen molar-refractivity contribution in [1.29, 1.82) is 0 Å². The summed E-state index contributed by atoms with van der Waals surface area (Å²) in [6, 6.07) is 5.25. The second-order valence-electron chi connectivity index (χ2n) is 6.88. The average Bonchev–Trinajstić information content (AvgIpc) is 2.44. The van der Waals surface area contributed by atoms with Crippen molar-refractivity contribution in [3.63, 3.8) is 0 Å². The van der Waals surface area contributed by atoms with Crippen molar-refractivity contribution >= 4 is 21.6 Å². The van der Waals surface area contributed by atoms with Crippen molar-refractivity contribution < 1.29 is 0 Å². The first kappa shape index (κ1) is 14.4. The molecule has 3 rings (SSSR count). The van der Waals surface area contributed by atoms with Gasteiger partial charge in [-0.25, -0.2) is 0 Å². The molecule has 2 fully saturated rings. The van der Waals surface area contributed by atoms with Gasteiger partial charge in [0.05, 0.1) is 0 Å². The first-order chi connectivity index (χ1) is 9.63. The predicted molar refractivity (Wildman–Crippen MR) is 90.3 cm³/mol. The molecule has 110 valence electrons. The molecule has 3 atom stereocenters. The summed E-state index contributed by atoms with van der Waals surface area (Å²) in [4.78, 5) is 0. The van der Waals surface area contributed by atoms with Gasteiger partial charge in [0.2, 0.25) is 0 Å². The van der Waals surface area contributed by atoms with Gasteiger partial charge in [-0.2, -0.15) is 0 Å². The molecular formula is C18H26BrN. The zero-order chi connectivity index (χ0) is 14.1. The Morgan fingerprint density at radius 2 is 1.60 bits per heavy atom. The van der Waals surface area contributed by atoms with E-state index in [4.69, 9.17) is 0 Å². The van der Waals surface area contributed by atoms with Gasteiger partial charge in [0.15, 0.2) is 0 Å². The zero-order valence-corrected chi connectivity index (χ0v) is 14.3. The Morgan fingerprint density at radius 1 is 0.950 bits per heavy atom. The summed E-state index contributed by atoms with van der Waals surface area (Å²) < 4.78 is 1.25. The molecule has 0 radical (unpaired) electrons. The smallest absolute Gasteiger partial charge is 0.0348 e. The highest BCUT2D eigenvalue weighted by atomic mass is 79.9. The maximum absolute atomic E-state index is 3.80. The number of anilines is 1. The number of hydrogen-bond donors (Lipinski definition) is 1. The van der Waals surface area contributed by atoms with E-state index in [0.29, 0.717) is 6.04 Å². The van der Waals surface area contributed by atoms with Crippen molar-refractivity contribution in [3.8, 4) is 0 Å². The van der Waals surface area contributed by atoms with E-state index in [1.54, 1.807) is 0 Å². The normalized spacial score (nSPS) is 29.9. The summed E-state index contributed by atoms with van der Waals surface area (Å²) in [6.07, 6.45) is 10.1. The monoisotopic (exact) mass is 335 g/mol. The van der Waals surface area contributed by atoms with Crippen LogP contribution in [0.2, 0.25) is 0 Å². The van der Waals surface area contributed by atoms with Crippen LogP contribution < -0.4 is 5.32 Å². The summed E-state index contributed by atoms with van der Waals surface area (Å²) in [5.41, 5.74) is 3.97. The lowest BCUT2D eigenvalue weighted by atomic mass is 9.69. The van der Waals surface area contributed by atoms with E-state index >= 15 is 0 Å². The third-order valence-corrected chi connectivity index (χ3v) is 6.60. The van der Waals surface area contributed by atoms with E-state index in [2.05, 4.69) is 47.2 Å². The molecule has 0 spiro atoms. The van der Waals surface area contributed by atoms with E-state index < -0.39 is 0 Å². The molecule has 20 heavy (non-hydrogen) atoms. The highest BCUT2D eigenvalue weighted by Crippen LogP contribution is 2.41. The van der Waals surface area contributed by atoms with Gasteiger partial charge in [0.25, 0.3) is 0 Å². The van der Waals surface area contributed by atoms with Crippen LogP contribution in [-0.2, 0) is 0 Å².